The number of ether oxygens (including phenoxy) is 2. The third kappa shape index (κ3) is 3.76. The van der Waals surface area contributed by atoms with E-state index in [1.165, 1.54) is 7.11 Å². The zero-order valence-electron chi connectivity index (χ0n) is 10.6. The molecule has 1 aliphatic rings. The highest BCUT2D eigenvalue weighted by atomic mass is 16.5. The molecule has 1 fully saturated rings. The van der Waals surface area contributed by atoms with Gasteiger partial charge in [-0.25, -0.2) is 0 Å². The summed E-state index contributed by atoms with van der Waals surface area (Å²) in [6, 6.07) is -0.0598. The third-order valence-electron chi connectivity index (χ3n) is 3.04. The number of carbonyl (C=O) groups is 1. The summed E-state index contributed by atoms with van der Waals surface area (Å²) < 4.78 is 10.2. The van der Waals surface area contributed by atoms with E-state index in [0.717, 1.165) is 32.5 Å². The highest BCUT2D eigenvalue weighted by Crippen LogP contribution is 2.35. The standard InChI is InChI=1S/C12H23NO3/c1-4-13(8-9-16-5-2)11(10-6-7-10)12(14)15-3/h10-11H,4-9H2,1-3H3. The van der Waals surface area contributed by atoms with Crippen LogP contribution in [0.3, 0.4) is 0 Å². The average molecular weight is 229 g/mol. The Labute approximate surface area is 97.9 Å². The van der Waals surface area contributed by atoms with Crippen LogP contribution in [0, 0.1) is 5.92 Å². The maximum atomic E-state index is 11.7. The molecule has 0 bridgehead atoms. The molecule has 0 aromatic carbocycles. The van der Waals surface area contributed by atoms with E-state index in [-0.39, 0.29) is 12.0 Å². The molecule has 0 heterocycles. The van der Waals surface area contributed by atoms with Crippen LogP contribution in [0.25, 0.3) is 0 Å². The van der Waals surface area contributed by atoms with Crippen molar-refractivity contribution in [3.8, 4) is 0 Å². The van der Waals surface area contributed by atoms with Crippen LogP contribution in [-0.4, -0.2) is 50.3 Å². The van der Waals surface area contributed by atoms with Crippen LogP contribution in [0.15, 0.2) is 0 Å². The quantitative estimate of drug-likeness (QED) is 0.464. The molecule has 4 heteroatoms. The molecule has 94 valence electrons. The molecule has 0 aromatic rings. The van der Waals surface area contributed by atoms with Crippen molar-refractivity contribution < 1.29 is 14.3 Å². The summed E-state index contributed by atoms with van der Waals surface area (Å²) >= 11 is 0. The van der Waals surface area contributed by atoms with Crippen molar-refractivity contribution in [2.24, 2.45) is 5.92 Å². The summed E-state index contributed by atoms with van der Waals surface area (Å²) in [5.74, 6) is 0.398. The summed E-state index contributed by atoms with van der Waals surface area (Å²) in [4.78, 5) is 13.9. The number of likely N-dealkylation sites (N-methyl/N-ethyl adjacent to an activating group) is 1. The molecule has 1 saturated carbocycles. The molecule has 0 radical (unpaired) electrons. The van der Waals surface area contributed by atoms with Crippen LogP contribution in [0.5, 0.6) is 0 Å². The predicted octanol–water partition coefficient (Wildman–Crippen LogP) is 1.30. The number of rotatable bonds is 8. The summed E-state index contributed by atoms with van der Waals surface area (Å²) in [6.07, 6.45) is 2.29. The third-order valence-corrected chi connectivity index (χ3v) is 3.04. The topological polar surface area (TPSA) is 38.8 Å². The minimum atomic E-state index is -0.0964. The number of hydrogen-bond acceptors (Lipinski definition) is 4. The van der Waals surface area contributed by atoms with Gasteiger partial charge in [-0.1, -0.05) is 6.92 Å². The first-order valence-corrected chi connectivity index (χ1v) is 6.14. The largest absolute Gasteiger partial charge is 0.468 e. The Hall–Kier alpha value is -0.610. The van der Waals surface area contributed by atoms with Gasteiger partial charge < -0.3 is 9.47 Å². The van der Waals surface area contributed by atoms with E-state index in [1.54, 1.807) is 0 Å². The smallest absolute Gasteiger partial charge is 0.323 e. The van der Waals surface area contributed by atoms with Gasteiger partial charge in [-0.05, 0) is 32.2 Å². The first-order chi connectivity index (χ1) is 7.74. The average Bonchev–Trinajstić information content (AvgIpc) is 3.11. The molecule has 0 spiro atoms. The van der Waals surface area contributed by atoms with E-state index in [1.807, 2.05) is 6.92 Å². The second kappa shape index (κ2) is 6.86. The number of carbonyl (C=O) groups excluding carboxylic acids is 1. The predicted molar refractivity (Wildman–Crippen MR) is 62.3 cm³/mol. The van der Waals surface area contributed by atoms with Gasteiger partial charge in [-0.15, -0.1) is 0 Å². The van der Waals surface area contributed by atoms with Crippen molar-refractivity contribution in [2.45, 2.75) is 32.7 Å². The van der Waals surface area contributed by atoms with E-state index in [4.69, 9.17) is 9.47 Å². The Kier molecular flexibility index (Phi) is 5.77. The van der Waals surface area contributed by atoms with E-state index in [0.29, 0.717) is 12.5 Å². The van der Waals surface area contributed by atoms with E-state index >= 15 is 0 Å². The van der Waals surface area contributed by atoms with Crippen LogP contribution < -0.4 is 0 Å². The van der Waals surface area contributed by atoms with Crippen molar-refractivity contribution in [3.63, 3.8) is 0 Å². The van der Waals surface area contributed by atoms with Crippen LogP contribution in [0.1, 0.15) is 26.7 Å². The second-order valence-electron chi connectivity index (χ2n) is 4.13. The lowest BCUT2D eigenvalue weighted by Crippen LogP contribution is -2.45. The highest BCUT2D eigenvalue weighted by molar-refractivity contribution is 5.76. The SMILES string of the molecule is CCOCCN(CC)C(C(=O)OC)C1CC1. The van der Waals surface area contributed by atoms with Gasteiger partial charge in [0.25, 0.3) is 0 Å². The number of hydrogen-bond donors (Lipinski definition) is 0. The molecule has 16 heavy (non-hydrogen) atoms. The van der Waals surface area contributed by atoms with E-state index in [9.17, 15) is 4.79 Å². The molecule has 1 aliphatic carbocycles. The lowest BCUT2D eigenvalue weighted by atomic mass is 10.1. The molecule has 1 unspecified atom stereocenters. The van der Waals surface area contributed by atoms with Gasteiger partial charge in [0.2, 0.25) is 0 Å². The molecular weight excluding hydrogens is 206 g/mol. The van der Waals surface area contributed by atoms with Gasteiger partial charge in [0.15, 0.2) is 0 Å². The Morgan fingerprint density at radius 3 is 2.56 bits per heavy atom. The van der Waals surface area contributed by atoms with Gasteiger partial charge in [-0.2, -0.15) is 0 Å². The van der Waals surface area contributed by atoms with Crippen LogP contribution >= 0.6 is 0 Å². The Morgan fingerprint density at radius 1 is 1.44 bits per heavy atom. The summed E-state index contributed by atoms with van der Waals surface area (Å²) in [7, 11) is 1.47. The van der Waals surface area contributed by atoms with Crippen molar-refractivity contribution in [1.29, 1.82) is 0 Å². The number of esters is 1. The van der Waals surface area contributed by atoms with Crippen molar-refractivity contribution >= 4 is 5.97 Å². The first-order valence-electron chi connectivity index (χ1n) is 6.14. The zero-order valence-corrected chi connectivity index (χ0v) is 10.6. The van der Waals surface area contributed by atoms with Gasteiger partial charge in [0.05, 0.1) is 13.7 Å². The van der Waals surface area contributed by atoms with Gasteiger partial charge in [-0.3, -0.25) is 9.69 Å². The van der Waals surface area contributed by atoms with Gasteiger partial charge in [0.1, 0.15) is 6.04 Å². The summed E-state index contributed by atoms with van der Waals surface area (Å²) in [6.45, 7) is 7.14. The molecule has 0 N–H and O–H groups in total. The van der Waals surface area contributed by atoms with E-state index in [2.05, 4.69) is 11.8 Å². The normalized spacial score (nSPS) is 17.5. The lowest BCUT2D eigenvalue weighted by Gasteiger charge is -2.28. The number of nitrogens with zero attached hydrogens (tertiary/aromatic N) is 1. The Bertz CT molecular complexity index is 216. The minimum absolute atomic E-state index is 0.0598. The van der Waals surface area contributed by atoms with Crippen molar-refractivity contribution in [1.82, 2.24) is 4.90 Å². The van der Waals surface area contributed by atoms with Gasteiger partial charge in [0, 0.05) is 13.2 Å². The lowest BCUT2D eigenvalue weighted by molar-refractivity contribution is -0.148. The molecule has 0 saturated heterocycles. The minimum Gasteiger partial charge on any atom is -0.468 e. The maximum Gasteiger partial charge on any atom is 0.323 e. The highest BCUT2D eigenvalue weighted by Gasteiger charge is 2.40. The molecular formula is C12H23NO3. The van der Waals surface area contributed by atoms with Crippen LogP contribution in [-0.2, 0) is 14.3 Å². The Balaban J connectivity index is 2.48. The fraction of sp³-hybridized carbons (Fsp3) is 0.917. The fourth-order valence-corrected chi connectivity index (χ4v) is 1.99. The zero-order chi connectivity index (χ0) is 12.0. The fourth-order valence-electron chi connectivity index (χ4n) is 1.99. The van der Waals surface area contributed by atoms with Crippen LogP contribution in [0.4, 0.5) is 0 Å². The summed E-state index contributed by atoms with van der Waals surface area (Å²) in [5, 5.41) is 0. The van der Waals surface area contributed by atoms with Crippen molar-refractivity contribution in [3.05, 3.63) is 0 Å². The second-order valence-corrected chi connectivity index (χ2v) is 4.13. The molecule has 0 aromatic heterocycles. The molecule has 0 amide bonds. The molecule has 0 aliphatic heterocycles. The van der Waals surface area contributed by atoms with E-state index < -0.39 is 0 Å². The van der Waals surface area contributed by atoms with Crippen LogP contribution in [0.2, 0.25) is 0 Å². The van der Waals surface area contributed by atoms with Gasteiger partial charge >= 0.3 is 5.97 Å². The molecule has 4 nitrogen and oxygen atoms in total. The molecule has 1 atom stereocenters. The number of methoxy groups -OCH3 is 1. The monoisotopic (exact) mass is 229 g/mol. The molecule has 1 rings (SSSR count). The maximum absolute atomic E-state index is 11.7. The van der Waals surface area contributed by atoms with Crippen molar-refractivity contribution in [2.75, 3.05) is 33.4 Å². The Morgan fingerprint density at radius 2 is 2.12 bits per heavy atom. The first kappa shape index (κ1) is 13.5. The summed E-state index contributed by atoms with van der Waals surface area (Å²) in [5.41, 5.74) is 0.